The molecule has 0 radical (unpaired) electrons. The molecule has 0 unspecified atom stereocenters. The molecule has 3 aromatic rings. The Morgan fingerprint density at radius 2 is 1.73 bits per heavy atom. The standard InChI is InChI=1S/C20H19N3O3/c1-25-16-6-8-17(9-7-16)26-13-12-22-20(24)15-5-10-19(23-14-15)18-4-2-3-11-21-18/h2-11,14H,12-13H2,1H3,(H,22,24). The minimum Gasteiger partial charge on any atom is -0.497 e. The van der Waals surface area contributed by atoms with Gasteiger partial charge < -0.3 is 14.8 Å². The molecule has 1 aromatic carbocycles. The van der Waals surface area contributed by atoms with E-state index in [2.05, 4.69) is 15.3 Å². The first-order valence-corrected chi connectivity index (χ1v) is 8.19. The Morgan fingerprint density at radius 1 is 0.962 bits per heavy atom. The van der Waals surface area contributed by atoms with Crippen LogP contribution >= 0.6 is 0 Å². The van der Waals surface area contributed by atoms with E-state index in [4.69, 9.17) is 9.47 Å². The first-order valence-electron chi connectivity index (χ1n) is 8.19. The second kappa shape index (κ2) is 8.62. The van der Waals surface area contributed by atoms with E-state index < -0.39 is 0 Å². The van der Waals surface area contributed by atoms with E-state index in [0.717, 1.165) is 22.9 Å². The predicted octanol–water partition coefficient (Wildman–Crippen LogP) is 2.96. The zero-order valence-electron chi connectivity index (χ0n) is 14.4. The number of pyridine rings is 2. The zero-order chi connectivity index (χ0) is 18.2. The van der Waals surface area contributed by atoms with Crippen molar-refractivity contribution in [1.82, 2.24) is 15.3 Å². The summed E-state index contributed by atoms with van der Waals surface area (Å²) in [5.74, 6) is 1.30. The molecule has 1 N–H and O–H groups in total. The lowest BCUT2D eigenvalue weighted by Crippen LogP contribution is -2.28. The molecule has 0 aliphatic carbocycles. The number of nitrogens with one attached hydrogen (secondary N) is 1. The normalized spacial score (nSPS) is 10.2. The van der Waals surface area contributed by atoms with E-state index in [1.165, 1.54) is 0 Å². The van der Waals surface area contributed by atoms with E-state index in [-0.39, 0.29) is 5.91 Å². The fourth-order valence-electron chi connectivity index (χ4n) is 2.30. The van der Waals surface area contributed by atoms with Gasteiger partial charge in [-0.1, -0.05) is 6.07 Å². The summed E-state index contributed by atoms with van der Waals surface area (Å²) in [6, 6.07) is 16.4. The number of hydrogen-bond acceptors (Lipinski definition) is 5. The highest BCUT2D eigenvalue weighted by molar-refractivity contribution is 5.94. The van der Waals surface area contributed by atoms with Crippen LogP contribution in [0.15, 0.2) is 67.0 Å². The van der Waals surface area contributed by atoms with Crippen LogP contribution in [-0.4, -0.2) is 36.1 Å². The van der Waals surface area contributed by atoms with E-state index in [0.29, 0.717) is 18.7 Å². The highest BCUT2D eigenvalue weighted by Crippen LogP contribution is 2.16. The van der Waals surface area contributed by atoms with Crippen molar-refractivity contribution < 1.29 is 14.3 Å². The largest absolute Gasteiger partial charge is 0.497 e. The molecule has 1 amide bonds. The molecule has 0 fully saturated rings. The summed E-state index contributed by atoms with van der Waals surface area (Å²) in [5, 5.41) is 2.81. The number of benzene rings is 1. The summed E-state index contributed by atoms with van der Waals surface area (Å²) in [6.07, 6.45) is 3.25. The molecule has 6 nitrogen and oxygen atoms in total. The molecule has 26 heavy (non-hydrogen) atoms. The van der Waals surface area contributed by atoms with Crippen molar-refractivity contribution in [3.63, 3.8) is 0 Å². The second-order valence-electron chi connectivity index (χ2n) is 5.43. The van der Waals surface area contributed by atoms with Gasteiger partial charge in [-0.25, -0.2) is 0 Å². The fraction of sp³-hybridized carbons (Fsp3) is 0.150. The lowest BCUT2D eigenvalue weighted by Gasteiger charge is -2.08. The number of aromatic nitrogens is 2. The lowest BCUT2D eigenvalue weighted by atomic mass is 10.2. The molecule has 0 saturated heterocycles. The van der Waals surface area contributed by atoms with Crippen LogP contribution in [0.25, 0.3) is 11.4 Å². The Labute approximate surface area is 151 Å². The Morgan fingerprint density at radius 3 is 2.38 bits per heavy atom. The van der Waals surface area contributed by atoms with Crippen LogP contribution in [-0.2, 0) is 0 Å². The van der Waals surface area contributed by atoms with Crippen molar-refractivity contribution in [2.45, 2.75) is 0 Å². The van der Waals surface area contributed by atoms with Crippen molar-refractivity contribution in [2.75, 3.05) is 20.3 Å². The molecule has 3 rings (SSSR count). The van der Waals surface area contributed by atoms with Crippen LogP contribution in [0.1, 0.15) is 10.4 Å². The minimum absolute atomic E-state index is 0.191. The molecule has 0 saturated carbocycles. The van der Waals surface area contributed by atoms with Gasteiger partial charge in [0.15, 0.2) is 0 Å². The molecule has 0 spiro atoms. The van der Waals surface area contributed by atoms with Gasteiger partial charge >= 0.3 is 0 Å². The van der Waals surface area contributed by atoms with Crippen molar-refractivity contribution >= 4 is 5.91 Å². The van der Waals surface area contributed by atoms with Crippen molar-refractivity contribution in [1.29, 1.82) is 0 Å². The van der Waals surface area contributed by atoms with Crippen LogP contribution in [0, 0.1) is 0 Å². The Kier molecular flexibility index (Phi) is 5.77. The second-order valence-corrected chi connectivity index (χ2v) is 5.43. The lowest BCUT2D eigenvalue weighted by molar-refractivity contribution is 0.0946. The van der Waals surface area contributed by atoms with Crippen molar-refractivity contribution in [2.24, 2.45) is 0 Å². The third-order valence-electron chi connectivity index (χ3n) is 3.67. The third kappa shape index (κ3) is 4.57. The van der Waals surface area contributed by atoms with Crippen molar-refractivity contribution in [3.05, 3.63) is 72.6 Å². The van der Waals surface area contributed by atoms with Crippen LogP contribution < -0.4 is 14.8 Å². The van der Waals surface area contributed by atoms with Gasteiger partial charge in [0, 0.05) is 12.4 Å². The summed E-state index contributed by atoms with van der Waals surface area (Å²) in [4.78, 5) is 20.7. The number of amides is 1. The Balaban J connectivity index is 1.47. The summed E-state index contributed by atoms with van der Waals surface area (Å²) in [7, 11) is 1.61. The van der Waals surface area contributed by atoms with Gasteiger partial charge in [-0.05, 0) is 48.5 Å². The summed E-state index contributed by atoms with van der Waals surface area (Å²) >= 11 is 0. The smallest absolute Gasteiger partial charge is 0.252 e. The molecular weight excluding hydrogens is 330 g/mol. The van der Waals surface area contributed by atoms with Gasteiger partial charge in [0.25, 0.3) is 5.91 Å². The highest BCUT2D eigenvalue weighted by Gasteiger charge is 2.07. The van der Waals surface area contributed by atoms with Gasteiger partial charge in [0.05, 0.1) is 30.6 Å². The fourth-order valence-corrected chi connectivity index (χ4v) is 2.30. The van der Waals surface area contributed by atoms with Crippen LogP contribution in [0.5, 0.6) is 11.5 Å². The van der Waals surface area contributed by atoms with E-state index in [1.54, 1.807) is 31.6 Å². The monoisotopic (exact) mass is 349 g/mol. The molecule has 0 aliphatic heterocycles. The number of methoxy groups -OCH3 is 1. The zero-order valence-corrected chi connectivity index (χ0v) is 14.4. The van der Waals surface area contributed by atoms with Gasteiger partial charge in [-0.2, -0.15) is 0 Å². The molecule has 2 aromatic heterocycles. The van der Waals surface area contributed by atoms with Crippen LogP contribution in [0.4, 0.5) is 0 Å². The highest BCUT2D eigenvalue weighted by atomic mass is 16.5. The number of rotatable bonds is 7. The first-order chi connectivity index (χ1) is 12.8. The summed E-state index contributed by atoms with van der Waals surface area (Å²) in [6.45, 7) is 0.768. The summed E-state index contributed by atoms with van der Waals surface area (Å²) in [5.41, 5.74) is 1.99. The quantitative estimate of drug-likeness (QED) is 0.664. The number of ether oxygens (including phenoxy) is 2. The molecule has 132 valence electrons. The molecule has 2 heterocycles. The maximum Gasteiger partial charge on any atom is 0.252 e. The molecule has 0 aliphatic rings. The average molecular weight is 349 g/mol. The average Bonchev–Trinajstić information content (AvgIpc) is 2.72. The van der Waals surface area contributed by atoms with Crippen LogP contribution in [0.2, 0.25) is 0 Å². The van der Waals surface area contributed by atoms with E-state index in [9.17, 15) is 4.79 Å². The number of nitrogens with zero attached hydrogens (tertiary/aromatic N) is 2. The molecule has 0 bridgehead atoms. The number of carbonyl (C=O) groups excluding carboxylic acids is 1. The molecule has 6 heteroatoms. The number of hydrogen-bond donors (Lipinski definition) is 1. The maximum atomic E-state index is 12.1. The van der Waals surface area contributed by atoms with E-state index >= 15 is 0 Å². The summed E-state index contributed by atoms with van der Waals surface area (Å²) < 4.78 is 10.7. The Bertz CT molecular complexity index is 834. The number of carbonyl (C=O) groups is 1. The molecular formula is C20H19N3O3. The van der Waals surface area contributed by atoms with Crippen molar-refractivity contribution in [3.8, 4) is 22.9 Å². The van der Waals surface area contributed by atoms with Gasteiger partial charge in [-0.3, -0.25) is 14.8 Å². The first kappa shape index (κ1) is 17.4. The maximum absolute atomic E-state index is 12.1. The van der Waals surface area contributed by atoms with Crippen LogP contribution in [0.3, 0.4) is 0 Å². The van der Waals surface area contributed by atoms with Gasteiger partial charge in [-0.15, -0.1) is 0 Å². The topological polar surface area (TPSA) is 73.3 Å². The Hall–Kier alpha value is -3.41. The molecule has 0 atom stereocenters. The SMILES string of the molecule is COc1ccc(OCCNC(=O)c2ccc(-c3ccccn3)nc2)cc1. The van der Waals surface area contributed by atoms with Gasteiger partial charge in [0.2, 0.25) is 0 Å². The predicted molar refractivity (Wildman–Crippen MR) is 98.3 cm³/mol. The third-order valence-corrected chi connectivity index (χ3v) is 3.67. The van der Waals surface area contributed by atoms with Gasteiger partial charge in [0.1, 0.15) is 18.1 Å². The minimum atomic E-state index is -0.191. The van der Waals surface area contributed by atoms with E-state index in [1.807, 2.05) is 42.5 Å².